The largest absolute Gasteiger partial charge is 0.472 e. The highest BCUT2D eigenvalue weighted by atomic mass is 31.2. The average Bonchev–Trinajstić information content (AvgIpc) is 3.08. The van der Waals surface area contributed by atoms with Crippen molar-refractivity contribution in [2.45, 2.75) is 135 Å². The van der Waals surface area contributed by atoms with Crippen molar-refractivity contribution in [2.75, 3.05) is 26.4 Å². The number of allylic oxidation sites excluding steroid dienone is 8. The second-order valence-electron chi connectivity index (χ2n) is 12.5. The van der Waals surface area contributed by atoms with E-state index < -0.39 is 57.9 Å². The maximum atomic E-state index is 12.5. The van der Waals surface area contributed by atoms with Crippen LogP contribution in [0.2, 0.25) is 0 Å². The van der Waals surface area contributed by atoms with Crippen LogP contribution in [0.1, 0.15) is 117 Å². The normalized spacial score (nSPS) is 15.5. The Morgan fingerprint density at radius 1 is 0.740 bits per heavy atom. The van der Waals surface area contributed by atoms with E-state index in [1.165, 1.54) is 19.3 Å². The Labute approximate surface area is 300 Å². The molecule has 2 unspecified atom stereocenters. The smallest absolute Gasteiger partial charge is 0.462 e. The molecule has 0 aromatic heterocycles. The van der Waals surface area contributed by atoms with Gasteiger partial charge in [-0.25, -0.2) is 4.57 Å². The summed E-state index contributed by atoms with van der Waals surface area (Å²) in [5.41, 5.74) is 0. The van der Waals surface area contributed by atoms with Crippen molar-refractivity contribution in [1.82, 2.24) is 0 Å². The van der Waals surface area contributed by atoms with Crippen molar-refractivity contribution in [3.8, 4) is 0 Å². The number of hydrogen-bond donors (Lipinski definition) is 4. The second-order valence-corrected chi connectivity index (χ2v) is 14.0. The Morgan fingerprint density at radius 2 is 1.36 bits per heavy atom. The van der Waals surface area contributed by atoms with Gasteiger partial charge >= 0.3 is 19.8 Å². The van der Waals surface area contributed by atoms with Crippen LogP contribution in [-0.4, -0.2) is 76.9 Å². The molecule has 0 aromatic rings. The summed E-state index contributed by atoms with van der Waals surface area (Å²) in [4.78, 5) is 34.7. The number of carbonyl (C=O) groups excluding carboxylic acids is 2. The fourth-order valence-corrected chi connectivity index (χ4v) is 5.14. The Morgan fingerprint density at radius 3 is 2.06 bits per heavy atom. The van der Waals surface area contributed by atoms with Crippen LogP contribution >= 0.6 is 7.82 Å². The van der Waals surface area contributed by atoms with Gasteiger partial charge in [-0.15, -0.1) is 0 Å². The number of phosphoric ester groups is 1. The molecule has 4 atom stereocenters. The number of ether oxygens (including phenoxy) is 2. The van der Waals surface area contributed by atoms with E-state index in [-0.39, 0.29) is 19.4 Å². The Balaban J connectivity index is 4.54. The fourth-order valence-electron chi connectivity index (χ4n) is 4.35. The van der Waals surface area contributed by atoms with Crippen molar-refractivity contribution in [3.63, 3.8) is 0 Å². The number of aliphatic hydroxyl groups excluding tert-OH is 3. The number of esters is 2. The van der Waals surface area contributed by atoms with Crippen LogP contribution in [0, 0.1) is 5.92 Å². The summed E-state index contributed by atoms with van der Waals surface area (Å²) in [6, 6.07) is 0. The zero-order valence-corrected chi connectivity index (χ0v) is 31.5. The van der Waals surface area contributed by atoms with Crippen LogP contribution in [0.4, 0.5) is 0 Å². The number of rotatable bonds is 32. The quantitative estimate of drug-likeness (QED) is 0.0177. The third-order valence-electron chi connectivity index (χ3n) is 7.19. The standard InChI is InChI=1S/C38H65O11P/c1-4-5-25-34(40)26-21-17-12-10-8-6-7-9-11-13-19-23-28-38(43)49-36(32-48-50(44,45)47-30-35(41)29-39)31-46-37(42)27-22-18-15-14-16-20-24-33(2)3/h5-7,10-13,17,21,25,33-36,39-41H,4,8-9,14-16,18-20,22-24,26-32H2,1-3H3,(H,44,45)/b7-6-,12-10-,13-11-,21-17+,25-5-/t34?,35-,36+/m0/s1. The molecule has 0 saturated heterocycles. The molecule has 12 heteroatoms. The molecule has 0 saturated carbocycles. The minimum Gasteiger partial charge on any atom is -0.462 e. The summed E-state index contributed by atoms with van der Waals surface area (Å²) in [5, 5.41) is 28.0. The minimum absolute atomic E-state index is 0.0853. The molecule has 0 heterocycles. The number of phosphoric acid groups is 1. The lowest BCUT2D eigenvalue weighted by Gasteiger charge is -2.20. The molecular formula is C38H65O11P. The average molecular weight is 729 g/mol. The van der Waals surface area contributed by atoms with Gasteiger partial charge in [-0.05, 0) is 50.9 Å². The summed E-state index contributed by atoms with van der Waals surface area (Å²) < 4.78 is 32.4. The van der Waals surface area contributed by atoms with Crippen molar-refractivity contribution in [2.24, 2.45) is 5.92 Å². The molecule has 288 valence electrons. The molecule has 50 heavy (non-hydrogen) atoms. The zero-order valence-electron chi connectivity index (χ0n) is 30.6. The van der Waals surface area contributed by atoms with Crippen LogP contribution < -0.4 is 0 Å². The molecule has 0 spiro atoms. The lowest BCUT2D eigenvalue weighted by Crippen LogP contribution is -2.29. The van der Waals surface area contributed by atoms with E-state index in [4.69, 9.17) is 19.1 Å². The predicted molar refractivity (Wildman–Crippen MR) is 197 cm³/mol. The van der Waals surface area contributed by atoms with Gasteiger partial charge in [0.2, 0.25) is 0 Å². The summed E-state index contributed by atoms with van der Waals surface area (Å²) in [6.07, 6.45) is 28.6. The monoisotopic (exact) mass is 728 g/mol. The van der Waals surface area contributed by atoms with Crippen LogP contribution in [0.25, 0.3) is 0 Å². The molecule has 0 radical (unpaired) electrons. The van der Waals surface area contributed by atoms with Gasteiger partial charge in [0.1, 0.15) is 12.7 Å². The van der Waals surface area contributed by atoms with E-state index in [9.17, 15) is 29.3 Å². The molecule has 0 amide bonds. The van der Waals surface area contributed by atoms with Gasteiger partial charge in [0.25, 0.3) is 0 Å². The molecular weight excluding hydrogens is 663 g/mol. The molecule has 11 nitrogen and oxygen atoms in total. The van der Waals surface area contributed by atoms with Gasteiger partial charge in [0.05, 0.1) is 25.9 Å². The number of hydrogen-bond acceptors (Lipinski definition) is 10. The van der Waals surface area contributed by atoms with Gasteiger partial charge < -0.3 is 29.7 Å². The first kappa shape index (κ1) is 47.6. The summed E-state index contributed by atoms with van der Waals surface area (Å²) in [7, 11) is -4.64. The molecule has 0 rings (SSSR count). The fraction of sp³-hybridized carbons (Fsp3) is 0.684. The Bertz CT molecular complexity index is 1050. The summed E-state index contributed by atoms with van der Waals surface area (Å²) in [6.45, 7) is 4.24. The van der Waals surface area contributed by atoms with E-state index in [1.54, 1.807) is 6.08 Å². The van der Waals surface area contributed by atoms with Crippen molar-refractivity contribution >= 4 is 19.8 Å². The van der Waals surface area contributed by atoms with Crippen LogP contribution in [0.15, 0.2) is 60.8 Å². The van der Waals surface area contributed by atoms with Gasteiger partial charge in [-0.3, -0.25) is 18.6 Å². The maximum absolute atomic E-state index is 12.5. The predicted octanol–water partition coefficient (Wildman–Crippen LogP) is 7.60. The minimum atomic E-state index is -4.64. The number of unbranched alkanes of at least 4 members (excludes halogenated alkanes) is 6. The SMILES string of the molecule is CC/C=C\C(O)C/C=C/C=C\C/C=C\C/C=C\CCCC(=O)O[C@H](COC(=O)CCCCCCCCC(C)C)COP(=O)(O)OC[C@@H](O)CO. The van der Waals surface area contributed by atoms with Gasteiger partial charge in [0.15, 0.2) is 6.10 Å². The second kappa shape index (κ2) is 32.5. The van der Waals surface area contributed by atoms with Gasteiger partial charge in [-0.2, -0.15) is 0 Å². The molecule has 0 fully saturated rings. The van der Waals surface area contributed by atoms with E-state index >= 15 is 0 Å². The molecule has 0 bridgehead atoms. The third-order valence-corrected chi connectivity index (χ3v) is 8.14. The van der Waals surface area contributed by atoms with Crippen LogP contribution in [0.3, 0.4) is 0 Å². The number of aliphatic hydroxyl groups is 3. The van der Waals surface area contributed by atoms with Crippen LogP contribution in [0.5, 0.6) is 0 Å². The van der Waals surface area contributed by atoms with Crippen molar-refractivity contribution in [1.29, 1.82) is 0 Å². The molecule has 4 N–H and O–H groups in total. The topological polar surface area (TPSA) is 169 Å². The summed E-state index contributed by atoms with van der Waals surface area (Å²) in [5.74, 6) is -0.319. The highest BCUT2D eigenvalue weighted by Crippen LogP contribution is 2.43. The van der Waals surface area contributed by atoms with E-state index in [1.807, 2.05) is 55.5 Å². The zero-order chi connectivity index (χ0) is 37.3. The first-order valence-electron chi connectivity index (χ1n) is 18.2. The number of carbonyl (C=O) groups is 2. The van der Waals surface area contributed by atoms with E-state index in [0.29, 0.717) is 31.6 Å². The maximum Gasteiger partial charge on any atom is 0.472 e. The van der Waals surface area contributed by atoms with Crippen LogP contribution in [-0.2, 0) is 32.7 Å². The van der Waals surface area contributed by atoms with E-state index in [0.717, 1.165) is 38.5 Å². The molecule has 0 aromatic carbocycles. The summed E-state index contributed by atoms with van der Waals surface area (Å²) >= 11 is 0. The van der Waals surface area contributed by atoms with Gasteiger partial charge in [0, 0.05) is 12.8 Å². The highest BCUT2D eigenvalue weighted by Gasteiger charge is 2.27. The highest BCUT2D eigenvalue weighted by molar-refractivity contribution is 7.47. The van der Waals surface area contributed by atoms with Crippen molar-refractivity contribution in [3.05, 3.63) is 60.8 Å². The molecule has 0 aliphatic carbocycles. The van der Waals surface area contributed by atoms with Gasteiger partial charge in [-0.1, -0.05) is 120 Å². The first-order chi connectivity index (χ1) is 24.0. The van der Waals surface area contributed by atoms with Crippen molar-refractivity contribution < 1.29 is 52.9 Å². The lowest BCUT2D eigenvalue weighted by molar-refractivity contribution is -0.161. The lowest BCUT2D eigenvalue weighted by atomic mass is 10.0. The Hall–Kier alpha value is -2.37. The third kappa shape index (κ3) is 32.8. The molecule has 0 aliphatic heterocycles. The first-order valence-corrected chi connectivity index (χ1v) is 19.7. The van der Waals surface area contributed by atoms with E-state index in [2.05, 4.69) is 24.4 Å². The Kier molecular flexibility index (Phi) is 31.0. The molecule has 0 aliphatic rings.